The highest BCUT2D eigenvalue weighted by molar-refractivity contribution is 6.33. The number of piperidine rings is 1. The van der Waals surface area contributed by atoms with E-state index in [1.807, 2.05) is 0 Å². The zero-order valence-electron chi connectivity index (χ0n) is 11.1. The summed E-state index contributed by atoms with van der Waals surface area (Å²) in [4.78, 5) is 13.7. The molecule has 0 radical (unpaired) electrons. The van der Waals surface area contributed by atoms with Crippen molar-refractivity contribution in [1.82, 2.24) is 4.90 Å². The van der Waals surface area contributed by atoms with Crippen molar-refractivity contribution in [2.24, 2.45) is 5.92 Å². The van der Waals surface area contributed by atoms with E-state index in [4.69, 9.17) is 28.5 Å². The molecule has 4 nitrogen and oxygen atoms in total. The number of benzene rings is 1. The van der Waals surface area contributed by atoms with Gasteiger partial charge in [0, 0.05) is 25.6 Å². The molecule has 1 aromatic carbocycles. The molecule has 20 heavy (non-hydrogen) atoms. The lowest BCUT2D eigenvalue weighted by Gasteiger charge is -2.30. The Morgan fingerprint density at radius 3 is 2.80 bits per heavy atom. The predicted molar refractivity (Wildman–Crippen MR) is 79.6 cm³/mol. The molecule has 1 aliphatic heterocycles. The zero-order valence-corrected chi connectivity index (χ0v) is 11.9. The standard InChI is InChI=1S/C15H17ClN2O2/c1-2-3-11-6-8-18(9-7-11)15(19)20-12-4-5-14(17)13(16)10-12/h1,4-5,10-11H,3,6-9,17H2. The fourth-order valence-electron chi connectivity index (χ4n) is 2.22. The summed E-state index contributed by atoms with van der Waals surface area (Å²) in [5, 5.41) is 0.378. The van der Waals surface area contributed by atoms with E-state index in [-0.39, 0.29) is 6.09 Å². The average molecular weight is 293 g/mol. The van der Waals surface area contributed by atoms with Gasteiger partial charge in [0.25, 0.3) is 0 Å². The van der Waals surface area contributed by atoms with E-state index in [9.17, 15) is 4.79 Å². The number of likely N-dealkylation sites (tertiary alicyclic amines) is 1. The molecule has 1 aromatic rings. The third-order valence-electron chi connectivity index (χ3n) is 3.46. The van der Waals surface area contributed by atoms with Gasteiger partial charge in [-0.25, -0.2) is 4.79 Å². The molecule has 0 unspecified atom stereocenters. The number of rotatable bonds is 2. The number of nitrogens with zero attached hydrogens (tertiary/aromatic N) is 1. The van der Waals surface area contributed by atoms with Crippen LogP contribution in [0.1, 0.15) is 19.3 Å². The Labute approximate surface area is 123 Å². The van der Waals surface area contributed by atoms with Crippen molar-refractivity contribution >= 4 is 23.4 Å². The second kappa shape index (κ2) is 6.53. The van der Waals surface area contributed by atoms with Gasteiger partial charge in [0.05, 0.1) is 10.7 Å². The molecule has 1 fully saturated rings. The summed E-state index contributed by atoms with van der Waals surface area (Å²) in [7, 11) is 0. The minimum atomic E-state index is -0.356. The molecule has 1 saturated heterocycles. The summed E-state index contributed by atoms with van der Waals surface area (Å²) in [6.07, 6.45) is 7.56. The number of amides is 1. The number of terminal acetylenes is 1. The number of anilines is 1. The summed E-state index contributed by atoms with van der Waals surface area (Å²) in [6, 6.07) is 4.79. The lowest BCUT2D eigenvalue weighted by Crippen LogP contribution is -2.40. The first-order chi connectivity index (χ1) is 9.60. The van der Waals surface area contributed by atoms with Gasteiger partial charge in [-0.15, -0.1) is 12.3 Å². The second-order valence-corrected chi connectivity index (χ2v) is 5.30. The Balaban J connectivity index is 1.89. The molecule has 106 valence electrons. The van der Waals surface area contributed by atoms with Crippen LogP contribution in [-0.2, 0) is 0 Å². The quantitative estimate of drug-likeness (QED) is 0.673. The van der Waals surface area contributed by atoms with Crippen LogP contribution in [0.4, 0.5) is 10.5 Å². The lowest BCUT2D eigenvalue weighted by atomic mass is 9.94. The molecule has 0 saturated carbocycles. The van der Waals surface area contributed by atoms with Crippen LogP contribution in [0.25, 0.3) is 0 Å². The molecule has 0 aliphatic carbocycles. The maximum atomic E-state index is 12.0. The zero-order chi connectivity index (χ0) is 14.5. The number of carbonyl (C=O) groups excluding carboxylic acids is 1. The van der Waals surface area contributed by atoms with Crippen LogP contribution < -0.4 is 10.5 Å². The fourth-order valence-corrected chi connectivity index (χ4v) is 2.39. The van der Waals surface area contributed by atoms with Crippen LogP contribution in [0.15, 0.2) is 18.2 Å². The SMILES string of the molecule is C#CCC1CCN(C(=O)Oc2ccc(N)c(Cl)c2)CC1. The molecule has 2 N–H and O–H groups in total. The largest absolute Gasteiger partial charge is 0.415 e. The number of carbonyl (C=O) groups is 1. The van der Waals surface area contributed by atoms with E-state index in [1.165, 1.54) is 0 Å². The molecule has 1 heterocycles. The van der Waals surface area contributed by atoms with Gasteiger partial charge in [-0.05, 0) is 30.9 Å². The fraction of sp³-hybridized carbons (Fsp3) is 0.400. The predicted octanol–water partition coefficient (Wildman–Crippen LogP) is 3.16. The normalized spacial score (nSPS) is 15.7. The Hall–Kier alpha value is -1.86. The van der Waals surface area contributed by atoms with Gasteiger partial charge in [-0.2, -0.15) is 0 Å². The van der Waals surface area contributed by atoms with Crippen LogP contribution in [0, 0.1) is 18.3 Å². The van der Waals surface area contributed by atoms with E-state index in [1.54, 1.807) is 23.1 Å². The third kappa shape index (κ3) is 3.58. The summed E-state index contributed by atoms with van der Waals surface area (Å²) >= 11 is 5.89. The molecular formula is C15H17ClN2O2. The Morgan fingerprint density at radius 2 is 2.20 bits per heavy atom. The van der Waals surface area contributed by atoms with Crippen molar-refractivity contribution in [3.8, 4) is 18.1 Å². The minimum absolute atomic E-state index is 0.356. The van der Waals surface area contributed by atoms with Gasteiger partial charge in [-0.1, -0.05) is 11.6 Å². The lowest BCUT2D eigenvalue weighted by molar-refractivity contribution is 0.131. The molecular weight excluding hydrogens is 276 g/mol. The van der Waals surface area contributed by atoms with E-state index < -0.39 is 0 Å². The first-order valence-corrected chi connectivity index (χ1v) is 6.93. The van der Waals surface area contributed by atoms with Crippen molar-refractivity contribution < 1.29 is 9.53 Å². The van der Waals surface area contributed by atoms with Crippen LogP contribution in [0.3, 0.4) is 0 Å². The molecule has 1 aliphatic rings. The maximum absolute atomic E-state index is 12.0. The Morgan fingerprint density at radius 1 is 1.50 bits per heavy atom. The average Bonchev–Trinajstić information content (AvgIpc) is 2.44. The van der Waals surface area contributed by atoms with Crippen molar-refractivity contribution in [3.05, 3.63) is 23.2 Å². The summed E-state index contributed by atoms with van der Waals surface area (Å²) in [6.45, 7) is 1.35. The van der Waals surface area contributed by atoms with Crippen LogP contribution in [0.2, 0.25) is 5.02 Å². The highest BCUT2D eigenvalue weighted by Gasteiger charge is 2.23. The highest BCUT2D eigenvalue weighted by atomic mass is 35.5. The van der Waals surface area contributed by atoms with Gasteiger partial charge in [-0.3, -0.25) is 0 Å². The van der Waals surface area contributed by atoms with Crippen molar-refractivity contribution in [2.75, 3.05) is 18.8 Å². The summed E-state index contributed by atoms with van der Waals surface area (Å²) in [5.74, 6) is 3.58. The van der Waals surface area contributed by atoms with E-state index in [2.05, 4.69) is 5.92 Å². The van der Waals surface area contributed by atoms with Crippen molar-refractivity contribution in [1.29, 1.82) is 0 Å². The second-order valence-electron chi connectivity index (χ2n) is 4.89. The Bertz CT molecular complexity index is 531. The smallest absolute Gasteiger partial charge is 0.410 e. The number of hydrogen-bond acceptors (Lipinski definition) is 3. The molecule has 5 heteroatoms. The topological polar surface area (TPSA) is 55.6 Å². The third-order valence-corrected chi connectivity index (χ3v) is 3.78. The van der Waals surface area contributed by atoms with Crippen molar-refractivity contribution in [2.45, 2.75) is 19.3 Å². The molecule has 0 bridgehead atoms. The minimum Gasteiger partial charge on any atom is -0.410 e. The molecule has 2 rings (SSSR count). The number of halogens is 1. The first kappa shape index (κ1) is 14.5. The van der Waals surface area contributed by atoms with Gasteiger partial charge in [0.15, 0.2) is 0 Å². The number of nitrogens with two attached hydrogens (primary N) is 1. The van der Waals surface area contributed by atoms with E-state index >= 15 is 0 Å². The first-order valence-electron chi connectivity index (χ1n) is 6.55. The maximum Gasteiger partial charge on any atom is 0.415 e. The van der Waals surface area contributed by atoms with Crippen LogP contribution >= 0.6 is 11.6 Å². The van der Waals surface area contributed by atoms with Gasteiger partial charge in [0.1, 0.15) is 5.75 Å². The molecule has 0 atom stereocenters. The number of ether oxygens (including phenoxy) is 1. The van der Waals surface area contributed by atoms with E-state index in [0.717, 1.165) is 19.3 Å². The van der Waals surface area contributed by atoms with Crippen LogP contribution in [-0.4, -0.2) is 24.1 Å². The molecule has 0 aromatic heterocycles. The number of nitrogen functional groups attached to an aromatic ring is 1. The van der Waals surface area contributed by atoms with Crippen LogP contribution in [0.5, 0.6) is 5.75 Å². The van der Waals surface area contributed by atoms with Gasteiger partial charge >= 0.3 is 6.09 Å². The molecule has 1 amide bonds. The highest BCUT2D eigenvalue weighted by Crippen LogP contribution is 2.25. The Kier molecular flexibility index (Phi) is 4.75. The number of hydrogen-bond donors (Lipinski definition) is 1. The summed E-state index contributed by atoms with van der Waals surface area (Å²) in [5.41, 5.74) is 6.07. The van der Waals surface area contributed by atoms with Crippen molar-refractivity contribution in [3.63, 3.8) is 0 Å². The van der Waals surface area contributed by atoms with Gasteiger partial charge in [0.2, 0.25) is 0 Å². The van der Waals surface area contributed by atoms with Gasteiger partial charge < -0.3 is 15.4 Å². The molecule has 0 spiro atoms. The monoisotopic (exact) mass is 292 g/mol. The van der Waals surface area contributed by atoms with E-state index in [0.29, 0.717) is 35.5 Å². The summed E-state index contributed by atoms with van der Waals surface area (Å²) < 4.78 is 5.29.